The van der Waals surface area contributed by atoms with Crippen LogP contribution in [0.25, 0.3) is 44.2 Å². The Balaban J connectivity index is 1.04. The van der Waals surface area contributed by atoms with Crippen LogP contribution in [0.2, 0.25) is 0 Å². The molecular weight excluding hydrogens is 743 g/mol. The second-order valence-corrected chi connectivity index (χ2v) is 18.9. The first-order chi connectivity index (χ1) is 29.5. The number of rotatable bonds is 5. The zero-order valence-electron chi connectivity index (χ0n) is 35.9. The molecule has 0 saturated heterocycles. The summed E-state index contributed by atoms with van der Waals surface area (Å²) in [6.45, 7) is 14.7. The Morgan fingerprint density at radius 1 is 0.525 bits per heavy atom. The zero-order chi connectivity index (χ0) is 41.7. The van der Waals surface area contributed by atoms with E-state index in [1.807, 2.05) is 36.4 Å². The molecule has 3 aliphatic rings. The minimum atomic E-state index is -0.470. The molecule has 0 saturated carbocycles. The molecule has 1 N–H and O–H groups in total. The second kappa shape index (κ2) is 13.8. The minimum Gasteiger partial charge on any atom is -0.456 e. The molecule has 61 heavy (non-hydrogen) atoms. The van der Waals surface area contributed by atoms with Crippen molar-refractivity contribution in [2.24, 2.45) is 15.4 Å². The summed E-state index contributed by atoms with van der Waals surface area (Å²) < 4.78 is 6.57. The summed E-state index contributed by atoms with van der Waals surface area (Å²) in [7, 11) is 0. The van der Waals surface area contributed by atoms with Gasteiger partial charge in [-0.15, -0.1) is 0 Å². The van der Waals surface area contributed by atoms with Crippen LogP contribution >= 0.6 is 0 Å². The first-order valence-electron chi connectivity index (χ1n) is 21.9. The van der Waals surface area contributed by atoms with Crippen LogP contribution in [-0.2, 0) is 17.3 Å². The van der Waals surface area contributed by atoms with Gasteiger partial charge in [0.05, 0.1) is 0 Å². The SMILES string of the molecule is CC1(C)c2ccc(C3CCc4ccccc4-c4cc(-c5ccc6oc7cccc(C8N=C(c9ccccc9)NC(c9ccccc9)=N8)c7c6c5)ccc43)cc2C(C)(C)C1(C)C. The minimum absolute atomic E-state index is 0.0545. The van der Waals surface area contributed by atoms with Crippen LogP contribution in [0.15, 0.2) is 172 Å². The summed E-state index contributed by atoms with van der Waals surface area (Å²) in [4.78, 5) is 10.5. The van der Waals surface area contributed by atoms with E-state index in [1.165, 1.54) is 44.5 Å². The van der Waals surface area contributed by atoms with E-state index in [0.29, 0.717) is 5.92 Å². The topological polar surface area (TPSA) is 49.9 Å². The third-order valence-electron chi connectivity index (χ3n) is 15.3. The van der Waals surface area contributed by atoms with Crippen LogP contribution in [0.5, 0.6) is 0 Å². The molecule has 11 rings (SSSR count). The molecule has 1 atom stereocenters. The Bertz CT molecular complexity index is 3040. The average molecular weight is 794 g/mol. The van der Waals surface area contributed by atoms with Gasteiger partial charge >= 0.3 is 0 Å². The van der Waals surface area contributed by atoms with Crippen LogP contribution < -0.4 is 5.32 Å². The van der Waals surface area contributed by atoms with E-state index in [4.69, 9.17) is 14.4 Å². The number of nitrogens with zero attached hydrogens (tertiary/aromatic N) is 2. The maximum Gasteiger partial charge on any atom is 0.170 e. The summed E-state index contributed by atoms with van der Waals surface area (Å²) >= 11 is 0. The van der Waals surface area contributed by atoms with Gasteiger partial charge in [-0.05, 0) is 103 Å². The number of nitrogens with one attached hydrogen (secondary N) is 1. The van der Waals surface area contributed by atoms with Gasteiger partial charge in [-0.25, -0.2) is 9.98 Å². The molecule has 4 nitrogen and oxygen atoms in total. The third-order valence-corrected chi connectivity index (χ3v) is 15.3. The fourth-order valence-corrected chi connectivity index (χ4v) is 10.7. The van der Waals surface area contributed by atoms with Gasteiger partial charge in [0.25, 0.3) is 0 Å². The Labute approximate surface area is 359 Å². The fourth-order valence-electron chi connectivity index (χ4n) is 10.7. The molecule has 2 heterocycles. The van der Waals surface area contributed by atoms with Crippen molar-refractivity contribution < 1.29 is 4.42 Å². The molecule has 4 heteroatoms. The summed E-state index contributed by atoms with van der Waals surface area (Å²) in [5.74, 6) is 1.88. The molecule has 1 unspecified atom stereocenters. The van der Waals surface area contributed by atoms with Gasteiger partial charge in [0.2, 0.25) is 0 Å². The number of hydrogen-bond acceptors (Lipinski definition) is 4. The molecule has 0 spiro atoms. The normalized spacial score (nSPS) is 18.7. The van der Waals surface area contributed by atoms with Crippen LogP contribution in [0.3, 0.4) is 0 Å². The summed E-state index contributed by atoms with van der Waals surface area (Å²) in [6, 6.07) is 57.2. The third kappa shape index (κ3) is 5.79. The van der Waals surface area contributed by atoms with E-state index in [9.17, 15) is 0 Å². The predicted molar refractivity (Wildman–Crippen MR) is 253 cm³/mol. The van der Waals surface area contributed by atoms with Crippen molar-refractivity contribution in [2.45, 2.75) is 77.3 Å². The highest BCUT2D eigenvalue weighted by atomic mass is 16.3. The summed E-state index contributed by atoms with van der Waals surface area (Å²) in [5, 5.41) is 5.65. The first kappa shape index (κ1) is 37.5. The van der Waals surface area contributed by atoms with Gasteiger partial charge in [0.15, 0.2) is 6.17 Å². The van der Waals surface area contributed by atoms with E-state index in [0.717, 1.165) is 68.7 Å². The molecular formula is C57H51N3O. The number of aliphatic imine (C=N–C) groups is 2. The lowest BCUT2D eigenvalue weighted by atomic mass is 9.59. The van der Waals surface area contributed by atoms with E-state index >= 15 is 0 Å². The number of hydrogen-bond donors (Lipinski definition) is 1. The zero-order valence-corrected chi connectivity index (χ0v) is 35.9. The lowest BCUT2D eigenvalue weighted by Crippen LogP contribution is -2.42. The number of aryl methyl sites for hydroxylation is 1. The van der Waals surface area contributed by atoms with Gasteiger partial charge in [0.1, 0.15) is 22.8 Å². The molecule has 300 valence electrons. The van der Waals surface area contributed by atoms with Crippen LogP contribution in [0.1, 0.15) is 105 Å². The second-order valence-electron chi connectivity index (χ2n) is 18.9. The summed E-state index contributed by atoms with van der Waals surface area (Å²) in [6.07, 6.45) is 1.64. The lowest BCUT2D eigenvalue weighted by molar-refractivity contribution is 0.125. The van der Waals surface area contributed by atoms with Crippen molar-refractivity contribution in [3.05, 3.63) is 202 Å². The first-order valence-corrected chi connectivity index (χ1v) is 21.9. The van der Waals surface area contributed by atoms with Crippen molar-refractivity contribution in [3.63, 3.8) is 0 Å². The van der Waals surface area contributed by atoms with Crippen molar-refractivity contribution in [1.29, 1.82) is 0 Å². The van der Waals surface area contributed by atoms with E-state index in [2.05, 4.69) is 168 Å². The molecule has 1 aromatic heterocycles. The maximum atomic E-state index is 6.57. The van der Waals surface area contributed by atoms with Crippen LogP contribution in [0, 0.1) is 5.41 Å². The van der Waals surface area contributed by atoms with Gasteiger partial charge in [-0.2, -0.15) is 0 Å². The number of fused-ring (bicyclic) bond motifs is 7. The molecule has 0 bridgehead atoms. The van der Waals surface area contributed by atoms with Gasteiger partial charge in [-0.1, -0.05) is 175 Å². The maximum absolute atomic E-state index is 6.57. The van der Waals surface area contributed by atoms with Crippen molar-refractivity contribution in [1.82, 2.24) is 5.32 Å². The standard InChI is InChI=1S/C57H51N3O/c1-55(2)47-30-26-40(34-48(47)56(3,4)57(55,5)6)42-28-24-35-16-13-14-21-41(35)45-32-38(25-29-43(42)45)39-27-31-49-46(33-39)51-44(22-15-23-50(51)61-49)54-59-52(36-17-9-7-10-18-36)58-53(60-54)37-19-11-8-12-20-37/h7-23,25-27,29-34,42,54H,24,28H2,1-6H3,(H,58,59,60). The van der Waals surface area contributed by atoms with Crippen LogP contribution in [-0.4, -0.2) is 11.7 Å². The molecule has 0 radical (unpaired) electrons. The summed E-state index contributed by atoms with van der Waals surface area (Å²) in [5.41, 5.74) is 17.3. The number of benzene rings is 7. The molecule has 8 aromatic rings. The van der Waals surface area contributed by atoms with E-state index < -0.39 is 6.17 Å². The highest BCUT2D eigenvalue weighted by Gasteiger charge is 2.56. The van der Waals surface area contributed by atoms with E-state index in [-0.39, 0.29) is 16.2 Å². The smallest absolute Gasteiger partial charge is 0.170 e. The van der Waals surface area contributed by atoms with Gasteiger partial charge in [0, 0.05) is 33.4 Å². The Hall–Kier alpha value is -6.52. The van der Waals surface area contributed by atoms with Crippen molar-refractivity contribution in [2.75, 3.05) is 0 Å². The highest BCUT2D eigenvalue weighted by molar-refractivity contribution is 6.16. The van der Waals surface area contributed by atoms with Crippen molar-refractivity contribution >= 4 is 33.6 Å². The Morgan fingerprint density at radius 2 is 1.18 bits per heavy atom. The van der Waals surface area contributed by atoms with Gasteiger partial charge < -0.3 is 9.73 Å². The largest absolute Gasteiger partial charge is 0.456 e. The van der Waals surface area contributed by atoms with E-state index in [1.54, 1.807) is 0 Å². The number of furan rings is 1. The monoisotopic (exact) mass is 793 g/mol. The number of amidine groups is 2. The molecule has 2 aliphatic carbocycles. The Morgan fingerprint density at radius 3 is 1.92 bits per heavy atom. The van der Waals surface area contributed by atoms with Crippen molar-refractivity contribution in [3.8, 4) is 22.3 Å². The predicted octanol–water partition coefficient (Wildman–Crippen LogP) is 14.1. The molecule has 0 amide bonds. The van der Waals surface area contributed by atoms with Crippen LogP contribution in [0.4, 0.5) is 0 Å². The molecule has 1 aliphatic heterocycles. The average Bonchev–Trinajstić information content (AvgIpc) is 3.64. The quantitative estimate of drug-likeness (QED) is 0.189. The highest BCUT2D eigenvalue weighted by Crippen LogP contribution is 2.62. The lowest BCUT2D eigenvalue weighted by Gasteiger charge is -2.44. The molecule has 0 fully saturated rings. The Kier molecular flexibility index (Phi) is 8.45. The van der Waals surface area contributed by atoms with Gasteiger partial charge in [-0.3, -0.25) is 0 Å². The molecule has 7 aromatic carbocycles. The fraction of sp³-hybridized carbons (Fsp3) is 0.228.